The molecule has 0 bridgehead atoms. The third-order valence-corrected chi connectivity index (χ3v) is 4.56. The van der Waals surface area contributed by atoms with Crippen LogP contribution in [0.4, 0.5) is 5.69 Å². The van der Waals surface area contributed by atoms with Gasteiger partial charge in [0.05, 0.1) is 32.6 Å². The van der Waals surface area contributed by atoms with Gasteiger partial charge in [0.2, 0.25) is 5.91 Å². The Hall–Kier alpha value is -3.20. The maximum absolute atomic E-state index is 12.1. The second-order valence-electron chi connectivity index (χ2n) is 5.50. The van der Waals surface area contributed by atoms with Gasteiger partial charge in [-0.2, -0.15) is 0 Å². The van der Waals surface area contributed by atoms with Crippen LogP contribution in [0.2, 0.25) is 0 Å². The minimum absolute atomic E-state index is 0.132. The van der Waals surface area contributed by atoms with Gasteiger partial charge in [-0.1, -0.05) is 11.8 Å². The molecule has 1 heterocycles. The van der Waals surface area contributed by atoms with Gasteiger partial charge in [-0.25, -0.2) is 0 Å². The summed E-state index contributed by atoms with van der Waals surface area (Å²) in [5.74, 6) is 2.18. The Bertz CT molecular complexity index is 943. The van der Waals surface area contributed by atoms with Crippen LogP contribution in [0, 0.1) is 0 Å². The fourth-order valence-electron chi connectivity index (χ4n) is 2.35. The van der Waals surface area contributed by atoms with Crippen LogP contribution >= 0.6 is 11.8 Å². The summed E-state index contributed by atoms with van der Waals surface area (Å²) in [4.78, 5) is 12.1. The van der Waals surface area contributed by atoms with Gasteiger partial charge in [0, 0.05) is 11.8 Å². The van der Waals surface area contributed by atoms with Crippen LogP contribution in [0.3, 0.4) is 0 Å². The molecule has 0 aliphatic rings. The number of amides is 1. The number of benzene rings is 2. The zero-order valence-electron chi connectivity index (χ0n) is 15.6. The maximum Gasteiger partial charge on any atom is 0.277 e. The van der Waals surface area contributed by atoms with E-state index in [-0.39, 0.29) is 16.9 Å². The molecule has 1 aromatic heterocycles. The highest BCUT2D eigenvalue weighted by atomic mass is 32.2. The van der Waals surface area contributed by atoms with E-state index in [1.165, 1.54) is 0 Å². The molecule has 0 atom stereocenters. The fraction of sp³-hybridized carbons (Fsp3) is 0.211. The van der Waals surface area contributed by atoms with Crippen LogP contribution in [0.5, 0.6) is 17.2 Å². The van der Waals surface area contributed by atoms with Gasteiger partial charge in [0.15, 0.2) is 0 Å². The van der Waals surface area contributed by atoms with Gasteiger partial charge in [-0.3, -0.25) is 4.79 Å². The molecule has 3 aromatic rings. The maximum atomic E-state index is 12.1. The molecule has 28 heavy (non-hydrogen) atoms. The van der Waals surface area contributed by atoms with Gasteiger partial charge < -0.3 is 23.9 Å². The van der Waals surface area contributed by atoms with E-state index in [0.717, 1.165) is 17.5 Å². The lowest BCUT2D eigenvalue weighted by Gasteiger charge is -2.07. The highest BCUT2D eigenvalue weighted by Gasteiger charge is 2.15. The molecule has 0 fully saturated rings. The van der Waals surface area contributed by atoms with Crippen molar-refractivity contribution in [2.45, 2.75) is 5.22 Å². The van der Waals surface area contributed by atoms with E-state index in [4.69, 9.17) is 18.6 Å². The van der Waals surface area contributed by atoms with Gasteiger partial charge in [-0.15, -0.1) is 10.2 Å². The normalized spacial score (nSPS) is 10.4. The van der Waals surface area contributed by atoms with Gasteiger partial charge in [0.25, 0.3) is 11.1 Å². The van der Waals surface area contributed by atoms with Crippen molar-refractivity contribution >= 4 is 23.4 Å². The monoisotopic (exact) mass is 401 g/mol. The van der Waals surface area contributed by atoms with Crippen LogP contribution < -0.4 is 19.5 Å². The first-order valence-electron chi connectivity index (χ1n) is 8.25. The predicted molar refractivity (Wildman–Crippen MR) is 105 cm³/mol. The number of nitrogens with zero attached hydrogens (tertiary/aromatic N) is 2. The van der Waals surface area contributed by atoms with E-state index in [1.54, 1.807) is 63.8 Å². The minimum atomic E-state index is -0.183. The number of methoxy groups -OCH3 is 3. The standard InChI is InChI=1S/C19H19N3O5S/c1-24-13-6-4-12(5-7-13)20-17(23)11-28-19-22-21-18(27-19)15-9-8-14(25-2)10-16(15)26-3/h4-10H,11H2,1-3H3,(H,20,23). The average Bonchev–Trinajstić information content (AvgIpc) is 3.21. The Morgan fingerprint density at radius 1 is 1.00 bits per heavy atom. The van der Waals surface area contributed by atoms with Crippen LogP contribution in [0.15, 0.2) is 52.1 Å². The van der Waals surface area contributed by atoms with Crippen LogP contribution in [-0.2, 0) is 4.79 Å². The number of hydrogen-bond acceptors (Lipinski definition) is 8. The van der Waals surface area contributed by atoms with E-state index in [0.29, 0.717) is 28.6 Å². The van der Waals surface area contributed by atoms with E-state index in [2.05, 4.69) is 15.5 Å². The van der Waals surface area contributed by atoms with E-state index in [1.807, 2.05) is 0 Å². The van der Waals surface area contributed by atoms with E-state index in [9.17, 15) is 4.79 Å². The number of rotatable bonds is 8. The summed E-state index contributed by atoms with van der Waals surface area (Å²) in [5, 5.41) is 11.1. The van der Waals surface area contributed by atoms with Crippen molar-refractivity contribution < 1.29 is 23.4 Å². The third-order valence-electron chi connectivity index (χ3n) is 3.75. The van der Waals surface area contributed by atoms with Crippen molar-refractivity contribution in [1.82, 2.24) is 10.2 Å². The molecular formula is C19H19N3O5S. The summed E-state index contributed by atoms with van der Waals surface area (Å²) in [6, 6.07) is 12.4. The summed E-state index contributed by atoms with van der Waals surface area (Å²) in [5.41, 5.74) is 1.32. The molecule has 9 heteroatoms. The summed E-state index contributed by atoms with van der Waals surface area (Å²) in [6.45, 7) is 0. The number of ether oxygens (including phenoxy) is 3. The third kappa shape index (κ3) is 4.74. The highest BCUT2D eigenvalue weighted by molar-refractivity contribution is 7.99. The molecule has 0 saturated carbocycles. The Balaban J connectivity index is 1.60. The molecule has 0 radical (unpaired) electrons. The Morgan fingerprint density at radius 2 is 1.71 bits per heavy atom. The lowest BCUT2D eigenvalue weighted by Crippen LogP contribution is -2.13. The number of aromatic nitrogens is 2. The molecule has 8 nitrogen and oxygen atoms in total. The smallest absolute Gasteiger partial charge is 0.277 e. The first-order chi connectivity index (χ1) is 13.6. The fourth-order valence-corrected chi connectivity index (χ4v) is 2.91. The lowest BCUT2D eigenvalue weighted by molar-refractivity contribution is -0.113. The topological polar surface area (TPSA) is 95.7 Å². The molecule has 0 saturated heterocycles. The number of anilines is 1. The molecule has 1 N–H and O–H groups in total. The molecule has 3 rings (SSSR count). The highest BCUT2D eigenvalue weighted by Crippen LogP contribution is 2.33. The van der Waals surface area contributed by atoms with Crippen molar-refractivity contribution in [2.24, 2.45) is 0 Å². The Labute approximate surface area is 166 Å². The molecule has 0 spiro atoms. The summed E-state index contributed by atoms with van der Waals surface area (Å²) < 4.78 is 21.2. The predicted octanol–water partition coefficient (Wildman–Crippen LogP) is 3.49. The van der Waals surface area contributed by atoms with E-state index >= 15 is 0 Å². The molecular weight excluding hydrogens is 382 g/mol. The van der Waals surface area contributed by atoms with Crippen LogP contribution in [-0.4, -0.2) is 43.2 Å². The Kier molecular flexibility index (Phi) is 6.38. The Morgan fingerprint density at radius 3 is 2.39 bits per heavy atom. The molecule has 0 aliphatic heterocycles. The van der Waals surface area contributed by atoms with Crippen LogP contribution in [0.1, 0.15) is 0 Å². The number of thioether (sulfide) groups is 1. The zero-order valence-corrected chi connectivity index (χ0v) is 16.4. The summed E-state index contributed by atoms with van der Waals surface area (Å²) >= 11 is 1.15. The van der Waals surface area contributed by atoms with Crippen molar-refractivity contribution in [3.05, 3.63) is 42.5 Å². The molecule has 1 amide bonds. The number of carbonyl (C=O) groups excluding carboxylic acids is 1. The minimum Gasteiger partial charge on any atom is -0.497 e. The lowest BCUT2D eigenvalue weighted by atomic mass is 10.2. The van der Waals surface area contributed by atoms with Gasteiger partial charge in [-0.05, 0) is 36.4 Å². The second kappa shape index (κ2) is 9.14. The van der Waals surface area contributed by atoms with E-state index < -0.39 is 0 Å². The van der Waals surface area contributed by atoms with Crippen molar-refractivity contribution in [1.29, 1.82) is 0 Å². The molecule has 0 unspecified atom stereocenters. The molecule has 0 aliphatic carbocycles. The summed E-state index contributed by atoms with van der Waals surface area (Å²) in [7, 11) is 4.71. The first kappa shape index (κ1) is 19.6. The molecule has 2 aromatic carbocycles. The SMILES string of the molecule is COc1ccc(NC(=O)CSc2nnc(-c3ccc(OC)cc3OC)o2)cc1. The van der Waals surface area contributed by atoms with Gasteiger partial charge in [0.1, 0.15) is 17.2 Å². The molecule has 146 valence electrons. The van der Waals surface area contributed by atoms with Crippen molar-refractivity contribution in [3.8, 4) is 28.7 Å². The quantitative estimate of drug-likeness (QED) is 0.573. The number of hydrogen-bond donors (Lipinski definition) is 1. The first-order valence-corrected chi connectivity index (χ1v) is 9.24. The van der Waals surface area contributed by atoms with Gasteiger partial charge >= 0.3 is 0 Å². The number of nitrogens with one attached hydrogen (secondary N) is 1. The second-order valence-corrected chi connectivity index (χ2v) is 6.43. The average molecular weight is 401 g/mol. The van der Waals surface area contributed by atoms with Crippen LogP contribution in [0.25, 0.3) is 11.5 Å². The van der Waals surface area contributed by atoms with Crippen molar-refractivity contribution in [3.63, 3.8) is 0 Å². The number of carbonyl (C=O) groups is 1. The largest absolute Gasteiger partial charge is 0.497 e. The summed E-state index contributed by atoms with van der Waals surface area (Å²) in [6.07, 6.45) is 0. The zero-order chi connectivity index (χ0) is 19.9. The van der Waals surface area contributed by atoms with Crippen molar-refractivity contribution in [2.75, 3.05) is 32.4 Å².